The molecule has 1 saturated carbocycles. The molecular weight excluding hydrogens is 188 g/mol. The monoisotopic (exact) mass is 208 g/mol. The van der Waals surface area contributed by atoms with Crippen molar-refractivity contribution in [1.82, 2.24) is 0 Å². The summed E-state index contributed by atoms with van der Waals surface area (Å²) >= 11 is 0. The smallest absolute Gasteiger partial charge is 0.0800 e. The van der Waals surface area contributed by atoms with Gasteiger partial charge in [-0.05, 0) is 18.4 Å². The summed E-state index contributed by atoms with van der Waals surface area (Å²) in [7, 11) is 0. The lowest BCUT2D eigenvalue weighted by Gasteiger charge is -2.27. The van der Waals surface area contributed by atoms with Crippen LogP contribution in [0.5, 0.6) is 0 Å². The fourth-order valence-corrected chi connectivity index (χ4v) is 2.37. The van der Waals surface area contributed by atoms with Gasteiger partial charge in [0.25, 0.3) is 0 Å². The SMILES string of the molecule is OCC1=CC=C[C@H](OC2CCCCC2)C1. The third-order valence-electron chi connectivity index (χ3n) is 3.24. The first kappa shape index (κ1) is 10.9. The second kappa shape index (κ2) is 5.47. The minimum absolute atomic E-state index is 0.162. The Morgan fingerprint density at radius 3 is 2.80 bits per heavy atom. The average molecular weight is 208 g/mol. The van der Waals surface area contributed by atoms with Gasteiger partial charge in [0, 0.05) is 6.42 Å². The van der Waals surface area contributed by atoms with Gasteiger partial charge in [0.2, 0.25) is 0 Å². The van der Waals surface area contributed by atoms with Gasteiger partial charge < -0.3 is 9.84 Å². The molecule has 0 unspecified atom stereocenters. The fraction of sp³-hybridized carbons (Fsp3) is 0.692. The molecule has 0 amide bonds. The lowest BCUT2D eigenvalue weighted by atomic mass is 9.97. The topological polar surface area (TPSA) is 29.5 Å². The Balaban J connectivity index is 1.80. The molecule has 0 radical (unpaired) electrons. The van der Waals surface area contributed by atoms with Crippen LogP contribution in [0, 0.1) is 0 Å². The number of ether oxygens (including phenoxy) is 1. The molecule has 2 aliphatic carbocycles. The number of hydrogen-bond donors (Lipinski definition) is 1. The largest absolute Gasteiger partial charge is 0.392 e. The maximum absolute atomic E-state index is 9.06. The molecule has 1 fully saturated rings. The molecule has 15 heavy (non-hydrogen) atoms. The third-order valence-corrected chi connectivity index (χ3v) is 3.24. The molecule has 0 saturated heterocycles. The highest BCUT2D eigenvalue weighted by Gasteiger charge is 2.19. The Kier molecular flexibility index (Phi) is 3.98. The van der Waals surface area contributed by atoms with E-state index < -0.39 is 0 Å². The number of aliphatic hydroxyl groups excluding tert-OH is 1. The maximum Gasteiger partial charge on any atom is 0.0800 e. The molecular formula is C13H20O2. The van der Waals surface area contributed by atoms with Gasteiger partial charge in [0.05, 0.1) is 18.8 Å². The van der Waals surface area contributed by atoms with Crippen LogP contribution in [0.3, 0.4) is 0 Å². The second-order valence-electron chi connectivity index (χ2n) is 4.51. The van der Waals surface area contributed by atoms with Crippen molar-refractivity contribution in [2.45, 2.75) is 50.7 Å². The molecule has 1 N–H and O–H groups in total. The first-order valence-electron chi connectivity index (χ1n) is 6.01. The van der Waals surface area contributed by atoms with E-state index in [-0.39, 0.29) is 12.7 Å². The van der Waals surface area contributed by atoms with E-state index >= 15 is 0 Å². The quantitative estimate of drug-likeness (QED) is 0.772. The predicted octanol–water partition coefficient (Wildman–Crippen LogP) is 2.58. The van der Waals surface area contributed by atoms with Gasteiger partial charge >= 0.3 is 0 Å². The van der Waals surface area contributed by atoms with Crippen molar-refractivity contribution < 1.29 is 9.84 Å². The van der Waals surface area contributed by atoms with E-state index in [2.05, 4.69) is 6.08 Å². The molecule has 0 bridgehead atoms. The molecule has 0 aromatic heterocycles. The molecule has 0 heterocycles. The average Bonchev–Trinajstić information content (AvgIpc) is 2.31. The first-order chi connectivity index (χ1) is 7.38. The number of rotatable bonds is 3. The fourth-order valence-electron chi connectivity index (χ4n) is 2.37. The van der Waals surface area contributed by atoms with Crippen LogP contribution in [0.15, 0.2) is 23.8 Å². The van der Waals surface area contributed by atoms with Crippen molar-refractivity contribution in [2.24, 2.45) is 0 Å². The summed E-state index contributed by atoms with van der Waals surface area (Å²) in [5, 5.41) is 9.06. The van der Waals surface area contributed by atoms with E-state index in [1.807, 2.05) is 12.2 Å². The summed E-state index contributed by atoms with van der Waals surface area (Å²) in [6, 6.07) is 0. The zero-order chi connectivity index (χ0) is 10.5. The molecule has 2 aliphatic rings. The van der Waals surface area contributed by atoms with Crippen molar-refractivity contribution in [1.29, 1.82) is 0 Å². The molecule has 0 aliphatic heterocycles. The van der Waals surface area contributed by atoms with Crippen molar-refractivity contribution >= 4 is 0 Å². The highest BCUT2D eigenvalue weighted by molar-refractivity contribution is 5.21. The summed E-state index contributed by atoms with van der Waals surface area (Å²) in [5.74, 6) is 0. The molecule has 2 rings (SSSR count). The van der Waals surface area contributed by atoms with Crippen molar-refractivity contribution in [2.75, 3.05) is 6.61 Å². The molecule has 2 heteroatoms. The van der Waals surface area contributed by atoms with Crippen molar-refractivity contribution in [3.05, 3.63) is 23.8 Å². The summed E-state index contributed by atoms with van der Waals surface area (Å²) in [6.45, 7) is 0.162. The van der Waals surface area contributed by atoms with Crippen LogP contribution in [0.25, 0.3) is 0 Å². The summed E-state index contributed by atoms with van der Waals surface area (Å²) < 4.78 is 6.03. The Bertz CT molecular complexity index is 249. The molecule has 0 aromatic carbocycles. The highest BCUT2D eigenvalue weighted by atomic mass is 16.5. The zero-order valence-corrected chi connectivity index (χ0v) is 9.19. The van der Waals surface area contributed by atoms with Crippen LogP contribution in [-0.2, 0) is 4.74 Å². The lowest BCUT2D eigenvalue weighted by Crippen LogP contribution is -2.24. The Morgan fingerprint density at radius 1 is 1.27 bits per heavy atom. The minimum Gasteiger partial charge on any atom is -0.392 e. The van der Waals surface area contributed by atoms with E-state index in [9.17, 15) is 0 Å². The first-order valence-corrected chi connectivity index (χ1v) is 6.01. The summed E-state index contributed by atoms with van der Waals surface area (Å²) in [4.78, 5) is 0. The molecule has 0 spiro atoms. The van der Waals surface area contributed by atoms with Crippen molar-refractivity contribution in [3.63, 3.8) is 0 Å². The maximum atomic E-state index is 9.06. The van der Waals surface area contributed by atoms with Crippen LogP contribution in [0.4, 0.5) is 0 Å². The van der Waals surface area contributed by atoms with Crippen molar-refractivity contribution in [3.8, 4) is 0 Å². The van der Waals surface area contributed by atoms with E-state index in [1.165, 1.54) is 32.1 Å². The Hall–Kier alpha value is -0.600. The number of aliphatic hydroxyl groups is 1. The van der Waals surface area contributed by atoms with E-state index in [1.54, 1.807) is 0 Å². The van der Waals surface area contributed by atoms with Gasteiger partial charge in [0.15, 0.2) is 0 Å². The van der Waals surface area contributed by atoms with Gasteiger partial charge in [0.1, 0.15) is 0 Å². The molecule has 2 nitrogen and oxygen atoms in total. The summed E-state index contributed by atoms with van der Waals surface area (Å²) in [6.07, 6.45) is 14.0. The second-order valence-corrected chi connectivity index (χ2v) is 4.51. The van der Waals surface area contributed by atoms with E-state index in [0.29, 0.717) is 6.10 Å². The standard InChI is InChI=1S/C13H20O2/c14-10-11-5-4-8-13(9-11)15-12-6-2-1-3-7-12/h4-5,8,12-14H,1-3,6-7,9-10H2/t13-/m0/s1. The lowest BCUT2D eigenvalue weighted by molar-refractivity contribution is -0.00800. The normalized spacial score (nSPS) is 27.8. The Morgan fingerprint density at radius 2 is 2.07 bits per heavy atom. The highest BCUT2D eigenvalue weighted by Crippen LogP contribution is 2.24. The summed E-state index contributed by atoms with van der Waals surface area (Å²) in [5.41, 5.74) is 1.08. The van der Waals surface area contributed by atoms with E-state index in [0.717, 1.165) is 12.0 Å². The molecule has 0 aromatic rings. The van der Waals surface area contributed by atoms with Gasteiger partial charge in [-0.2, -0.15) is 0 Å². The van der Waals surface area contributed by atoms with Crippen LogP contribution in [0.1, 0.15) is 38.5 Å². The minimum atomic E-state index is 0.162. The van der Waals surface area contributed by atoms with Crippen LogP contribution < -0.4 is 0 Å². The van der Waals surface area contributed by atoms with Gasteiger partial charge in [-0.3, -0.25) is 0 Å². The Labute approximate surface area is 91.6 Å². The molecule has 84 valence electrons. The number of allylic oxidation sites excluding steroid dienone is 2. The van der Waals surface area contributed by atoms with Crippen LogP contribution in [0.2, 0.25) is 0 Å². The third kappa shape index (κ3) is 3.18. The van der Waals surface area contributed by atoms with E-state index in [4.69, 9.17) is 9.84 Å². The van der Waals surface area contributed by atoms with Crippen LogP contribution in [-0.4, -0.2) is 23.9 Å². The molecule has 1 atom stereocenters. The van der Waals surface area contributed by atoms with Gasteiger partial charge in [-0.1, -0.05) is 37.5 Å². The number of hydrogen-bond acceptors (Lipinski definition) is 2. The zero-order valence-electron chi connectivity index (χ0n) is 9.19. The van der Waals surface area contributed by atoms with Crippen LogP contribution >= 0.6 is 0 Å². The van der Waals surface area contributed by atoms with Gasteiger partial charge in [-0.25, -0.2) is 0 Å². The van der Waals surface area contributed by atoms with Gasteiger partial charge in [-0.15, -0.1) is 0 Å². The predicted molar refractivity (Wildman–Crippen MR) is 60.7 cm³/mol.